The predicted molar refractivity (Wildman–Crippen MR) is 124 cm³/mol. The molecular weight excluding hydrogens is 499 g/mol. The van der Waals surface area contributed by atoms with Crippen LogP contribution in [-0.2, 0) is 13.1 Å². The molecule has 0 fully saturated rings. The number of pyridine rings is 1. The molecule has 1 aromatic carbocycles. The highest BCUT2D eigenvalue weighted by molar-refractivity contribution is 9.10. The van der Waals surface area contributed by atoms with Crippen LogP contribution in [0.4, 0.5) is 4.39 Å². The van der Waals surface area contributed by atoms with Crippen LogP contribution in [0.15, 0.2) is 56.8 Å². The molecule has 0 aliphatic carbocycles. The van der Waals surface area contributed by atoms with E-state index in [1.165, 1.54) is 28.8 Å². The molecule has 0 aliphatic rings. The molecule has 3 aromatic heterocycles. The summed E-state index contributed by atoms with van der Waals surface area (Å²) in [6.07, 6.45) is 3.12. The molecule has 10 heteroatoms. The summed E-state index contributed by atoms with van der Waals surface area (Å²) in [5, 5.41) is 2.83. The zero-order valence-corrected chi connectivity index (χ0v) is 19.6. The summed E-state index contributed by atoms with van der Waals surface area (Å²) in [5.41, 5.74) is 1.71. The number of aryl methyl sites for hydroxylation is 2. The number of nitrogens with one attached hydrogen (secondary N) is 1. The molecule has 0 unspecified atom stereocenters. The number of rotatable bonds is 5. The largest absolute Gasteiger partial charge is 0.347 e. The monoisotopic (exact) mass is 516 g/mol. The highest BCUT2D eigenvalue weighted by atomic mass is 79.9. The Kier molecular flexibility index (Phi) is 6.07. The van der Waals surface area contributed by atoms with Crippen molar-refractivity contribution < 1.29 is 9.18 Å². The molecule has 0 atom stereocenters. The van der Waals surface area contributed by atoms with E-state index in [-0.39, 0.29) is 16.9 Å². The van der Waals surface area contributed by atoms with Crippen LogP contribution >= 0.6 is 27.3 Å². The maximum Gasteiger partial charge on any atom is 0.336 e. The van der Waals surface area contributed by atoms with Gasteiger partial charge in [-0.25, -0.2) is 9.18 Å². The Morgan fingerprint density at radius 3 is 2.69 bits per heavy atom. The van der Waals surface area contributed by atoms with Crippen molar-refractivity contribution in [2.45, 2.75) is 26.9 Å². The fourth-order valence-electron chi connectivity index (χ4n) is 3.31. The molecule has 0 radical (unpaired) electrons. The fraction of sp³-hybridized carbons (Fsp3) is 0.182. The average molecular weight is 517 g/mol. The van der Waals surface area contributed by atoms with E-state index < -0.39 is 17.1 Å². The highest BCUT2D eigenvalue weighted by Crippen LogP contribution is 2.20. The van der Waals surface area contributed by atoms with Crippen molar-refractivity contribution in [3.8, 4) is 0 Å². The van der Waals surface area contributed by atoms with Crippen molar-refractivity contribution in [3.63, 3.8) is 0 Å². The maximum absolute atomic E-state index is 13.5. The molecule has 0 aliphatic heterocycles. The van der Waals surface area contributed by atoms with E-state index in [1.807, 2.05) is 19.1 Å². The van der Waals surface area contributed by atoms with Crippen LogP contribution in [0.25, 0.3) is 4.83 Å². The zero-order chi connectivity index (χ0) is 23.0. The molecule has 0 spiro atoms. The van der Waals surface area contributed by atoms with E-state index in [2.05, 4.69) is 26.2 Å². The number of thiazole rings is 1. The summed E-state index contributed by atoms with van der Waals surface area (Å²) in [4.78, 5) is 43.4. The topological polar surface area (TPSA) is 85.5 Å². The molecule has 0 saturated carbocycles. The van der Waals surface area contributed by atoms with E-state index in [0.29, 0.717) is 27.4 Å². The van der Waals surface area contributed by atoms with Gasteiger partial charge >= 0.3 is 5.69 Å². The minimum atomic E-state index is -0.559. The van der Waals surface area contributed by atoms with Crippen LogP contribution < -0.4 is 16.6 Å². The third-order valence-electron chi connectivity index (χ3n) is 4.96. The van der Waals surface area contributed by atoms with Gasteiger partial charge < -0.3 is 5.32 Å². The number of aromatic nitrogens is 3. The van der Waals surface area contributed by atoms with Crippen LogP contribution in [0.3, 0.4) is 0 Å². The lowest BCUT2D eigenvalue weighted by molar-refractivity contribution is 0.0954. The van der Waals surface area contributed by atoms with Gasteiger partial charge in [-0.05, 0) is 65.2 Å². The lowest BCUT2D eigenvalue weighted by Crippen LogP contribution is -2.38. The first-order valence-corrected chi connectivity index (χ1v) is 11.2. The number of fused-ring (bicyclic) bond motifs is 1. The standard InChI is InChI=1S/C22H18BrFN4O3S/c1-12-7-14(5-6-25-12)9-26-19(29)18-11-28-21(32-18)13(2)20(30)27(22(28)31)10-15-3-4-17(24)16(23)8-15/h3-8,11H,9-10H2,1-2H3,(H,26,29). The average Bonchev–Trinajstić information content (AvgIpc) is 3.22. The second kappa shape index (κ2) is 8.79. The molecule has 0 bridgehead atoms. The first kappa shape index (κ1) is 22.1. The van der Waals surface area contributed by atoms with Gasteiger partial charge in [0, 0.05) is 30.2 Å². The van der Waals surface area contributed by atoms with Gasteiger partial charge in [0.05, 0.1) is 11.0 Å². The Balaban J connectivity index is 1.66. The van der Waals surface area contributed by atoms with Gasteiger partial charge in [0.2, 0.25) is 0 Å². The van der Waals surface area contributed by atoms with Crippen molar-refractivity contribution in [3.05, 3.63) is 101 Å². The van der Waals surface area contributed by atoms with Crippen molar-refractivity contribution >= 4 is 38.0 Å². The predicted octanol–water partition coefficient (Wildman–Crippen LogP) is 3.41. The molecule has 4 rings (SSSR count). The fourth-order valence-corrected chi connectivity index (χ4v) is 4.74. The molecule has 1 amide bonds. The molecular formula is C22H18BrFN4O3S. The number of hydrogen-bond acceptors (Lipinski definition) is 5. The number of benzene rings is 1. The quantitative estimate of drug-likeness (QED) is 0.440. The number of carbonyl (C=O) groups is 1. The normalized spacial score (nSPS) is 11.1. The SMILES string of the molecule is Cc1cc(CNC(=O)c2cn3c(=O)n(Cc4ccc(F)c(Br)c4)c(=O)c(C)c3s2)ccn1. The summed E-state index contributed by atoms with van der Waals surface area (Å²) in [6.45, 7) is 3.79. The first-order valence-electron chi connectivity index (χ1n) is 9.64. The molecule has 4 aromatic rings. The number of carbonyl (C=O) groups excluding carboxylic acids is 1. The molecule has 7 nitrogen and oxygen atoms in total. The van der Waals surface area contributed by atoms with Crippen LogP contribution in [0.5, 0.6) is 0 Å². The lowest BCUT2D eigenvalue weighted by atomic mass is 10.2. The molecule has 3 heterocycles. The first-order chi connectivity index (χ1) is 15.2. The second-order valence-corrected chi connectivity index (χ2v) is 9.19. The number of halogens is 2. The summed E-state index contributed by atoms with van der Waals surface area (Å²) in [7, 11) is 0. The third-order valence-corrected chi connectivity index (χ3v) is 6.77. The smallest absolute Gasteiger partial charge is 0.336 e. The van der Waals surface area contributed by atoms with E-state index in [4.69, 9.17) is 0 Å². The van der Waals surface area contributed by atoms with Gasteiger partial charge in [0.1, 0.15) is 15.5 Å². The summed E-state index contributed by atoms with van der Waals surface area (Å²) >= 11 is 4.20. The van der Waals surface area contributed by atoms with E-state index in [1.54, 1.807) is 13.1 Å². The van der Waals surface area contributed by atoms with Gasteiger partial charge in [-0.3, -0.25) is 23.5 Å². The van der Waals surface area contributed by atoms with Crippen molar-refractivity contribution in [2.75, 3.05) is 0 Å². The minimum absolute atomic E-state index is 0.0148. The summed E-state index contributed by atoms with van der Waals surface area (Å²) < 4.78 is 16.2. The lowest BCUT2D eigenvalue weighted by Gasteiger charge is -2.08. The highest BCUT2D eigenvalue weighted by Gasteiger charge is 2.18. The van der Waals surface area contributed by atoms with Crippen molar-refractivity contribution in [2.24, 2.45) is 0 Å². The van der Waals surface area contributed by atoms with E-state index in [0.717, 1.165) is 27.2 Å². The second-order valence-electron chi connectivity index (χ2n) is 7.31. The van der Waals surface area contributed by atoms with Gasteiger partial charge in [-0.15, -0.1) is 11.3 Å². The maximum atomic E-state index is 13.5. The number of hydrogen-bond donors (Lipinski definition) is 1. The Labute approximate surface area is 194 Å². The molecule has 0 saturated heterocycles. The number of amides is 1. The van der Waals surface area contributed by atoms with Crippen LogP contribution in [0.1, 0.15) is 32.1 Å². The molecule has 1 N–H and O–H groups in total. The van der Waals surface area contributed by atoms with Crippen molar-refractivity contribution in [1.82, 2.24) is 19.3 Å². The molecule has 164 valence electrons. The van der Waals surface area contributed by atoms with E-state index in [9.17, 15) is 18.8 Å². The van der Waals surface area contributed by atoms with Gasteiger partial charge in [-0.2, -0.15) is 0 Å². The Morgan fingerprint density at radius 1 is 1.19 bits per heavy atom. The van der Waals surface area contributed by atoms with Crippen LogP contribution in [0.2, 0.25) is 0 Å². The van der Waals surface area contributed by atoms with Crippen LogP contribution in [-0.4, -0.2) is 19.9 Å². The summed E-state index contributed by atoms with van der Waals surface area (Å²) in [5.74, 6) is -0.770. The zero-order valence-electron chi connectivity index (χ0n) is 17.2. The van der Waals surface area contributed by atoms with E-state index >= 15 is 0 Å². The Morgan fingerprint density at radius 2 is 1.97 bits per heavy atom. The van der Waals surface area contributed by atoms with Crippen molar-refractivity contribution in [1.29, 1.82) is 0 Å². The molecule has 32 heavy (non-hydrogen) atoms. The Bertz CT molecular complexity index is 1470. The number of nitrogens with zero attached hydrogens (tertiary/aromatic N) is 3. The Hall–Kier alpha value is -3.11. The van der Waals surface area contributed by atoms with Gasteiger partial charge in [0.15, 0.2) is 0 Å². The van der Waals surface area contributed by atoms with Gasteiger partial charge in [-0.1, -0.05) is 6.07 Å². The third kappa shape index (κ3) is 4.28. The minimum Gasteiger partial charge on any atom is -0.347 e. The van der Waals surface area contributed by atoms with Gasteiger partial charge in [0.25, 0.3) is 11.5 Å². The summed E-state index contributed by atoms with van der Waals surface area (Å²) in [6, 6.07) is 8.00. The van der Waals surface area contributed by atoms with Crippen LogP contribution in [0, 0.1) is 19.7 Å².